The molecule has 2 rings (SSSR count). The zero-order chi connectivity index (χ0) is 22.0. The monoisotopic (exact) mass is 424 g/mol. The summed E-state index contributed by atoms with van der Waals surface area (Å²) in [4.78, 5) is 26.2. The van der Waals surface area contributed by atoms with Crippen LogP contribution in [0.15, 0.2) is 29.2 Å². The van der Waals surface area contributed by atoms with Gasteiger partial charge in [-0.3, -0.25) is 4.79 Å². The summed E-state index contributed by atoms with van der Waals surface area (Å²) in [7, 11) is -3.93. The Morgan fingerprint density at radius 3 is 1.97 bits per heavy atom. The molecule has 1 N–H and O–H groups in total. The van der Waals surface area contributed by atoms with Crippen molar-refractivity contribution in [1.29, 1.82) is 0 Å². The third-order valence-electron chi connectivity index (χ3n) is 4.78. The molecule has 0 radical (unpaired) electrons. The van der Waals surface area contributed by atoms with Crippen molar-refractivity contribution < 1.29 is 22.7 Å². The molecule has 1 aromatic rings. The summed E-state index contributed by atoms with van der Waals surface area (Å²) in [5, 5.41) is 0. The standard InChI is InChI=1S/C21H32N2O5S/c1-20(2,3)16-7-9-17(10-8-16)29(26,27)22-18(24)15-11-13-23(14-12-15)19(25)28-21(4,5)6/h7-10,15H,11-14H2,1-6H3,(H,22,24). The van der Waals surface area contributed by atoms with Gasteiger partial charge in [0.2, 0.25) is 5.91 Å². The molecule has 1 aliphatic heterocycles. The lowest BCUT2D eigenvalue weighted by Crippen LogP contribution is -2.45. The van der Waals surface area contributed by atoms with Crippen LogP contribution in [-0.2, 0) is 25.0 Å². The van der Waals surface area contributed by atoms with E-state index in [1.165, 1.54) is 12.1 Å². The van der Waals surface area contributed by atoms with Crippen molar-refractivity contribution >= 4 is 22.0 Å². The zero-order valence-electron chi connectivity index (χ0n) is 18.1. The Kier molecular flexibility index (Phi) is 6.67. The van der Waals surface area contributed by atoms with E-state index in [0.717, 1.165) is 5.56 Å². The van der Waals surface area contributed by atoms with E-state index >= 15 is 0 Å². The molecule has 0 spiro atoms. The Hall–Kier alpha value is -2.09. The fourth-order valence-corrected chi connectivity index (χ4v) is 4.10. The first kappa shape index (κ1) is 23.2. The lowest BCUT2D eigenvalue weighted by molar-refractivity contribution is -0.124. The number of rotatable bonds is 3. The third-order valence-corrected chi connectivity index (χ3v) is 6.15. The van der Waals surface area contributed by atoms with Gasteiger partial charge in [-0.15, -0.1) is 0 Å². The molecule has 1 aromatic carbocycles. The number of amides is 2. The number of ether oxygens (including phenoxy) is 1. The number of benzene rings is 1. The van der Waals surface area contributed by atoms with Crippen LogP contribution in [0, 0.1) is 5.92 Å². The van der Waals surface area contributed by atoms with E-state index in [2.05, 4.69) is 4.72 Å². The normalized spacial score (nSPS) is 16.4. The molecule has 0 atom stereocenters. The smallest absolute Gasteiger partial charge is 0.410 e. The molecule has 1 heterocycles. The van der Waals surface area contributed by atoms with E-state index in [9.17, 15) is 18.0 Å². The van der Waals surface area contributed by atoms with Gasteiger partial charge in [0.1, 0.15) is 5.60 Å². The molecule has 7 nitrogen and oxygen atoms in total. The molecule has 0 unspecified atom stereocenters. The van der Waals surface area contributed by atoms with E-state index in [1.807, 2.05) is 20.8 Å². The molecular weight excluding hydrogens is 392 g/mol. The van der Waals surface area contributed by atoms with Crippen LogP contribution in [0.4, 0.5) is 4.79 Å². The van der Waals surface area contributed by atoms with Crippen LogP contribution in [-0.4, -0.2) is 44.0 Å². The minimum Gasteiger partial charge on any atom is -0.444 e. The first-order chi connectivity index (χ1) is 13.2. The van der Waals surface area contributed by atoms with Crippen LogP contribution in [0.25, 0.3) is 0 Å². The van der Waals surface area contributed by atoms with Crippen molar-refractivity contribution in [3.05, 3.63) is 29.8 Å². The molecule has 162 valence electrons. The van der Waals surface area contributed by atoms with Gasteiger partial charge in [-0.1, -0.05) is 32.9 Å². The summed E-state index contributed by atoms with van der Waals surface area (Å²) in [5.74, 6) is -0.994. The van der Waals surface area contributed by atoms with Crippen molar-refractivity contribution in [3.63, 3.8) is 0 Å². The highest BCUT2D eigenvalue weighted by Gasteiger charge is 2.31. The number of likely N-dealkylation sites (tertiary alicyclic amines) is 1. The van der Waals surface area contributed by atoms with Crippen LogP contribution in [0.5, 0.6) is 0 Å². The topological polar surface area (TPSA) is 92.8 Å². The molecule has 8 heteroatoms. The third kappa shape index (κ3) is 6.45. The second-order valence-corrected chi connectivity index (χ2v) is 11.2. The van der Waals surface area contributed by atoms with Gasteiger partial charge in [0.05, 0.1) is 4.90 Å². The fraction of sp³-hybridized carbons (Fsp3) is 0.619. The van der Waals surface area contributed by atoms with Gasteiger partial charge in [0.15, 0.2) is 0 Å². The Morgan fingerprint density at radius 2 is 1.52 bits per heavy atom. The number of hydrogen-bond acceptors (Lipinski definition) is 5. The number of piperidine rings is 1. The van der Waals surface area contributed by atoms with Gasteiger partial charge >= 0.3 is 6.09 Å². The summed E-state index contributed by atoms with van der Waals surface area (Å²) in [5.41, 5.74) is 0.340. The number of hydrogen-bond donors (Lipinski definition) is 1. The average Bonchev–Trinajstić information content (AvgIpc) is 2.59. The van der Waals surface area contributed by atoms with Gasteiger partial charge in [-0.2, -0.15) is 0 Å². The van der Waals surface area contributed by atoms with Crippen LogP contribution in [0.3, 0.4) is 0 Å². The van der Waals surface area contributed by atoms with Crippen LogP contribution >= 0.6 is 0 Å². The minimum atomic E-state index is -3.93. The lowest BCUT2D eigenvalue weighted by atomic mass is 9.87. The Bertz CT molecular complexity index is 841. The number of nitrogens with one attached hydrogen (secondary N) is 1. The quantitative estimate of drug-likeness (QED) is 0.802. The summed E-state index contributed by atoms with van der Waals surface area (Å²) < 4.78 is 32.6. The molecule has 2 amide bonds. The summed E-state index contributed by atoms with van der Waals surface area (Å²) >= 11 is 0. The maximum absolute atomic E-state index is 12.6. The first-order valence-electron chi connectivity index (χ1n) is 9.84. The zero-order valence-corrected chi connectivity index (χ0v) is 18.9. The largest absolute Gasteiger partial charge is 0.444 e. The molecule has 0 aliphatic carbocycles. The van der Waals surface area contributed by atoms with Crippen LogP contribution in [0.2, 0.25) is 0 Å². The lowest BCUT2D eigenvalue weighted by Gasteiger charge is -2.32. The number of carbonyl (C=O) groups excluding carboxylic acids is 2. The van der Waals surface area contributed by atoms with Crippen molar-refractivity contribution in [2.24, 2.45) is 5.92 Å². The fourth-order valence-electron chi connectivity index (χ4n) is 3.06. The van der Waals surface area contributed by atoms with E-state index < -0.39 is 33.5 Å². The molecule has 0 bridgehead atoms. The molecule has 29 heavy (non-hydrogen) atoms. The SMILES string of the molecule is CC(C)(C)OC(=O)N1CCC(C(=O)NS(=O)(=O)c2ccc(C(C)(C)C)cc2)CC1. The van der Waals surface area contributed by atoms with Crippen LogP contribution in [0.1, 0.15) is 59.9 Å². The van der Waals surface area contributed by atoms with Gasteiger partial charge < -0.3 is 9.64 Å². The van der Waals surface area contributed by atoms with Gasteiger partial charge in [0, 0.05) is 19.0 Å². The molecular formula is C21H32N2O5S. The minimum absolute atomic E-state index is 0.0602. The van der Waals surface area contributed by atoms with Gasteiger partial charge in [-0.05, 0) is 56.7 Å². The maximum atomic E-state index is 12.6. The summed E-state index contributed by atoms with van der Waals surface area (Å²) in [6.45, 7) is 12.2. The van der Waals surface area contributed by atoms with E-state index in [1.54, 1.807) is 37.8 Å². The second-order valence-electron chi connectivity index (χ2n) is 9.49. The Balaban J connectivity index is 1.96. The van der Waals surface area contributed by atoms with Crippen molar-refractivity contribution in [2.45, 2.75) is 70.3 Å². The Labute approximate surface area is 173 Å². The highest BCUT2D eigenvalue weighted by Crippen LogP contribution is 2.24. The summed E-state index contributed by atoms with van der Waals surface area (Å²) in [6, 6.07) is 6.55. The molecule has 1 saturated heterocycles. The van der Waals surface area contributed by atoms with Gasteiger partial charge in [-0.25, -0.2) is 17.9 Å². The van der Waals surface area contributed by atoms with E-state index in [-0.39, 0.29) is 10.3 Å². The second kappa shape index (κ2) is 8.34. The summed E-state index contributed by atoms with van der Waals surface area (Å²) in [6.07, 6.45) is 0.371. The number of sulfonamides is 1. The first-order valence-corrected chi connectivity index (χ1v) is 11.3. The van der Waals surface area contributed by atoms with Crippen LogP contribution < -0.4 is 4.72 Å². The highest BCUT2D eigenvalue weighted by molar-refractivity contribution is 7.90. The predicted molar refractivity (Wildman–Crippen MR) is 111 cm³/mol. The molecule has 0 aromatic heterocycles. The Morgan fingerprint density at radius 1 is 1.00 bits per heavy atom. The molecule has 1 aliphatic rings. The molecule has 1 fully saturated rings. The average molecular weight is 425 g/mol. The van der Waals surface area contributed by atoms with Crippen molar-refractivity contribution in [3.8, 4) is 0 Å². The van der Waals surface area contributed by atoms with Crippen molar-refractivity contribution in [1.82, 2.24) is 9.62 Å². The van der Waals surface area contributed by atoms with Gasteiger partial charge in [0.25, 0.3) is 10.0 Å². The van der Waals surface area contributed by atoms with Crippen molar-refractivity contribution in [2.75, 3.05) is 13.1 Å². The number of carbonyl (C=O) groups is 2. The predicted octanol–water partition coefficient (Wildman–Crippen LogP) is 3.44. The van der Waals surface area contributed by atoms with E-state index in [0.29, 0.717) is 25.9 Å². The maximum Gasteiger partial charge on any atom is 0.410 e. The molecule has 0 saturated carbocycles. The number of nitrogens with zero attached hydrogens (tertiary/aromatic N) is 1. The highest BCUT2D eigenvalue weighted by atomic mass is 32.2. The van der Waals surface area contributed by atoms with E-state index in [4.69, 9.17) is 4.74 Å².